The van der Waals surface area contributed by atoms with E-state index in [1.807, 2.05) is 0 Å². The van der Waals surface area contributed by atoms with Crippen molar-refractivity contribution in [3.63, 3.8) is 0 Å². The first-order valence-electron chi connectivity index (χ1n) is 7.60. The first-order chi connectivity index (χ1) is 12.9. The number of hydrogen-bond donors (Lipinski definition) is 1. The van der Waals surface area contributed by atoms with Crippen LogP contribution in [-0.2, 0) is 14.8 Å². The van der Waals surface area contributed by atoms with Gasteiger partial charge in [-0.25, -0.2) is 26.5 Å². The summed E-state index contributed by atoms with van der Waals surface area (Å²) in [5.74, 6) is -2.55. The van der Waals surface area contributed by atoms with Gasteiger partial charge in [0, 0.05) is 17.6 Å². The number of carbonyl (C=O) groups excluding carboxylic acids is 1. The average molecular weight is 409 g/mol. The van der Waals surface area contributed by atoms with Crippen LogP contribution < -0.4 is 9.62 Å². The quantitative estimate of drug-likeness (QED) is 0.678. The van der Waals surface area contributed by atoms with Gasteiger partial charge in [-0.1, -0.05) is 18.2 Å². The van der Waals surface area contributed by atoms with Gasteiger partial charge in [-0.2, -0.15) is 0 Å². The van der Waals surface area contributed by atoms with E-state index in [0.717, 1.165) is 27.8 Å². The summed E-state index contributed by atoms with van der Waals surface area (Å²) < 4.78 is 53.4. The first kappa shape index (κ1) is 18.9. The number of thiazole rings is 1. The number of sulfonamides is 1. The Hall–Kier alpha value is -2.85. The van der Waals surface area contributed by atoms with Gasteiger partial charge in [-0.3, -0.25) is 4.79 Å². The van der Waals surface area contributed by atoms with E-state index in [0.29, 0.717) is 6.07 Å². The van der Waals surface area contributed by atoms with E-state index in [1.165, 1.54) is 18.3 Å². The molecular formula is C17H13F2N3O3S2. The molecular weight excluding hydrogens is 396 g/mol. The van der Waals surface area contributed by atoms with E-state index in [4.69, 9.17) is 0 Å². The van der Waals surface area contributed by atoms with Crippen molar-refractivity contribution in [1.82, 2.24) is 4.98 Å². The molecule has 0 bridgehead atoms. The lowest BCUT2D eigenvalue weighted by Crippen LogP contribution is -2.38. The third-order valence-corrected chi connectivity index (χ3v) is 6.12. The van der Waals surface area contributed by atoms with Crippen molar-refractivity contribution in [3.8, 4) is 0 Å². The summed E-state index contributed by atoms with van der Waals surface area (Å²) in [6, 6.07) is 10.2. The van der Waals surface area contributed by atoms with Crippen LogP contribution in [0.3, 0.4) is 0 Å². The highest BCUT2D eigenvalue weighted by atomic mass is 32.2. The molecule has 0 saturated heterocycles. The molecule has 0 atom stereocenters. The second-order valence-corrected chi connectivity index (χ2v) is 8.05. The molecule has 1 amide bonds. The fourth-order valence-corrected chi connectivity index (χ4v) is 4.49. The zero-order valence-electron chi connectivity index (χ0n) is 13.7. The summed E-state index contributed by atoms with van der Waals surface area (Å²) in [5, 5.41) is 3.90. The fraction of sp³-hybridized carbons (Fsp3) is 0.0588. The highest BCUT2D eigenvalue weighted by Gasteiger charge is 2.29. The van der Waals surface area contributed by atoms with Gasteiger partial charge in [0.1, 0.15) is 18.2 Å². The Kier molecular flexibility index (Phi) is 5.47. The van der Waals surface area contributed by atoms with Crippen molar-refractivity contribution in [2.24, 2.45) is 0 Å². The van der Waals surface area contributed by atoms with Crippen LogP contribution in [0.2, 0.25) is 0 Å². The van der Waals surface area contributed by atoms with Crippen LogP contribution in [0.1, 0.15) is 0 Å². The number of carbonyl (C=O) groups is 1. The molecule has 2 aromatic carbocycles. The van der Waals surface area contributed by atoms with Crippen molar-refractivity contribution in [2.45, 2.75) is 4.90 Å². The second-order valence-electron chi connectivity index (χ2n) is 5.31. The maximum Gasteiger partial charge on any atom is 0.266 e. The molecule has 140 valence electrons. The van der Waals surface area contributed by atoms with E-state index >= 15 is 0 Å². The molecule has 27 heavy (non-hydrogen) atoms. The molecule has 1 N–H and O–H groups in total. The zero-order chi connectivity index (χ0) is 19.4. The number of halogens is 2. The smallest absolute Gasteiger partial charge is 0.266 e. The van der Waals surface area contributed by atoms with Crippen molar-refractivity contribution < 1.29 is 22.0 Å². The van der Waals surface area contributed by atoms with Gasteiger partial charge in [0.25, 0.3) is 10.0 Å². The molecule has 0 radical (unpaired) electrons. The Morgan fingerprint density at radius 3 is 2.52 bits per heavy atom. The summed E-state index contributed by atoms with van der Waals surface area (Å²) in [6.07, 6.45) is 1.41. The van der Waals surface area contributed by atoms with Crippen LogP contribution in [0, 0.1) is 11.6 Å². The molecule has 3 rings (SSSR count). The van der Waals surface area contributed by atoms with Gasteiger partial charge in [-0.05, 0) is 24.3 Å². The number of rotatable bonds is 6. The number of nitrogens with one attached hydrogen (secondary N) is 1. The minimum atomic E-state index is -4.06. The number of nitrogens with zero attached hydrogens (tertiary/aromatic N) is 2. The van der Waals surface area contributed by atoms with Gasteiger partial charge in [0.05, 0.1) is 10.6 Å². The van der Waals surface area contributed by atoms with E-state index < -0.39 is 34.1 Å². The van der Waals surface area contributed by atoms with Gasteiger partial charge >= 0.3 is 0 Å². The van der Waals surface area contributed by atoms with Crippen LogP contribution in [0.25, 0.3) is 0 Å². The van der Waals surface area contributed by atoms with Gasteiger partial charge < -0.3 is 5.32 Å². The van der Waals surface area contributed by atoms with Crippen LogP contribution in [0.4, 0.5) is 19.6 Å². The van der Waals surface area contributed by atoms with Gasteiger partial charge in [0.15, 0.2) is 5.13 Å². The van der Waals surface area contributed by atoms with Crippen LogP contribution in [-0.4, -0.2) is 25.9 Å². The van der Waals surface area contributed by atoms with E-state index in [1.54, 1.807) is 23.6 Å². The Morgan fingerprint density at radius 1 is 1.15 bits per heavy atom. The fourth-order valence-electron chi connectivity index (χ4n) is 2.23. The van der Waals surface area contributed by atoms with Gasteiger partial charge in [0.2, 0.25) is 5.91 Å². The minimum Gasteiger partial charge on any atom is -0.322 e. The Balaban J connectivity index is 1.88. The predicted molar refractivity (Wildman–Crippen MR) is 98.1 cm³/mol. The van der Waals surface area contributed by atoms with E-state index in [2.05, 4.69) is 10.3 Å². The van der Waals surface area contributed by atoms with Crippen LogP contribution >= 0.6 is 11.3 Å². The van der Waals surface area contributed by atoms with E-state index in [-0.39, 0.29) is 15.7 Å². The molecule has 0 saturated carbocycles. The summed E-state index contributed by atoms with van der Waals surface area (Å²) in [5.41, 5.74) is -0.252. The summed E-state index contributed by atoms with van der Waals surface area (Å²) in [7, 11) is -4.06. The molecule has 0 aliphatic carbocycles. The average Bonchev–Trinajstić information content (AvgIpc) is 3.17. The number of benzene rings is 2. The normalized spacial score (nSPS) is 11.2. The molecule has 0 spiro atoms. The molecule has 1 heterocycles. The zero-order valence-corrected chi connectivity index (χ0v) is 15.3. The summed E-state index contributed by atoms with van der Waals surface area (Å²) >= 11 is 1.04. The van der Waals surface area contributed by atoms with Crippen molar-refractivity contribution in [1.29, 1.82) is 0 Å². The predicted octanol–water partition coefficient (Wildman–Crippen LogP) is 3.26. The third kappa shape index (κ3) is 4.29. The Labute approximate surface area is 158 Å². The standard InChI is InChI=1S/C17H13F2N3O3S2/c18-12-6-7-15(14(19)10-12)21-16(23)11-22(17-20-8-9-26-17)27(24,25)13-4-2-1-3-5-13/h1-10H,11H2,(H,21,23). The number of amides is 1. The van der Waals surface area contributed by atoms with Gasteiger partial charge in [-0.15, -0.1) is 11.3 Å². The minimum absolute atomic E-state index is 0.0130. The SMILES string of the molecule is O=C(CN(c1nccs1)S(=O)(=O)c1ccccc1)Nc1ccc(F)cc1F. The number of anilines is 2. The largest absolute Gasteiger partial charge is 0.322 e. The van der Waals surface area contributed by atoms with Crippen molar-refractivity contribution >= 4 is 38.1 Å². The molecule has 0 aliphatic heterocycles. The summed E-state index contributed by atoms with van der Waals surface area (Å²) in [4.78, 5) is 16.3. The molecule has 0 unspecified atom stereocenters. The topological polar surface area (TPSA) is 79.4 Å². The van der Waals surface area contributed by atoms with Crippen molar-refractivity contribution in [2.75, 3.05) is 16.2 Å². The molecule has 0 fully saturated rings. The van der Waals surface area contributed by atoms with E-state index in [9.17, 15) is 22.0 Å². The van der Waals surface area contributed by atoms with Crippen LogP contribution in [0.5, 0.6) is 0 Å². The highest BCUT2D eigenvalue weighted by Crippen LogP contribution is 2.25. The lowest BCUT2D eigenvalue weighted by molar-refractivity contribution is -0.114. The maximum absolute atomic E-state index is 13.7. The molecule has 3 aromatic rings. The lowest BCUT2D eigenvalue weighted by Gasteiger charge is -2.21. The molecule has 1 aromatic heterocycles. The first-order valence-corrected chi connectivity index (χ1v) is 9.92. The molecule has 10 heteroatoms. The number of aromatic nitrogens is 1. The third-order valence-electron chi connectivity index (χ3n) is 3.46. The molecule has 0 aliphatic rings. The highest BCUT2D eigenvalue weighted by molar-refractivity contribution is 7.93. The number of hydrogen-bond acceptors (Lipinski definition) is 5. The Morgan fingerprint density at radius 2 is 1.89 bits per heavy atom. The molecule has 6 nitrogen and oxygen atoms in total. The maximum atomic E-state index is 13.7. The lowest BCUT2D eigenvalue weighted by atomic mass is 10.3. The van der Waals surface area contributed by atoms with Crippen molar-refractivity contribution in [3.05, 3.63) is 71.7 Å². The summed E-state index contributed by atoms with van der Waals surface area (Å²) in [6.45, 7) is -0.623. The monoisotopic (exact) mass is 409 g/mol. The Bertz CT molecular complexity index is 1040. The second kappa shape index (κ2) is 7.80. The van der Waals surface area contributed by atoms with Crippen LogP contribution in [0.15, 0.2) is 65.0 Å².